The molecule has 3 atom stereocenters. The van der Waals surface area contributed by atoms with Gasteiger partial charge in [-0.05, 0) is 12.8 Å². The van der Waals surface area contributed by atoms with Crippen LogP contribution in [-0.4, -0.2) is 47.5 Å². The van der Waals surface area contributed by atoms with E-state index in [-0.39, 0.29) is 24.6 Å². The lowest BCUT2D eigenvalue weighted by molar-refractivity contribution is -0.124. The Bertz CT molecular complexity index is 194. The minimum absolute atomic E-state index is 0.0441. The van der Waals surface area contributed by atoms with Gasteiger partial charge in [0.15, 0.2) is 0 Å². The van der Waals surface area contributed by atoms with Crippen LogP contribution in [0.3, 0.4) is 0 Å². The molecule has 1 aliphatic heterocycles. The molecule has 5 nitrogen and oxygen atoms in total. The average molecular weight is 202 g/mol. The van der Waals surface area contributed by atoms with Crippen LogP contribution in [0.25, 0.3) is 0 Å². The SMILES string of the molecule is CC[C@@H](CO)NC(=O)C1CC(O)CN1. The predicted molar refractivity (Wildman–Crippen MR) is 51.7 cm³/mol. The Labute approximate surface area is 83.5 Å². The van der Waals surface area contributed by atoms with E-state index in [1.54, 1.807) is 0 Å². The van der Waals surface area contributed by atoms with Crippen molar-refractivity contribution in [3.8, 4) is 0 Å². The molecule has 0 aromatic rings. The third-order valence-corrected chi connectivity index (χ3v) is 2.48. The van der Waals surface area contributed by atoms with Crippen molar-refractivity contribution in [3.63, 3.8) is 0 Å². The molecule has 14 heavy (non-hydrogen) atoms. The quantitative estimate of drug-likeness (QED) is 0.452. The Kier molecular flexibility index (Phi) is 4.31. The Morgan fingerprint density at radius 3 is 2.86 bits per heavy atom. The number of carbonyl (C=O) groups is 1. The van der Waals surface area contributed by atoms with Crippen molar-refractivity contribution in [1.29, 1.82) is 0 Å². The number of amides is 1. The number of aliphatic hydroxyl groups excluding tert-OH is 2. The van der Waals surface area contributed by atoms with Gasteiger partial charge in [0.05, 0.1) is 24.8 Å². The molecule has 0 aliphatic carbocycles. The van der Waals surface area contributed by atoms with Gasteiger partial charge in [-0.25, -0.2) is 0 Å². The molecule has 1 heterocycles. The number of hydrogen-bond acceptors (Lipinski definition) is 4. The Balaban J connectivity index is 2.34. The first-order chi connectivity index (χ1) is 6.67. The Morgan fingerprint density at radius 1 is 1.71 bits per heavy atom. The second-order valence-electron chi connectivity index (χ2n) is 3.65. The van der Waals surface area contributed by atoms with Crippen LogP contribution in [0, 0.1) is 0 Å². The first kappa shape index (κ1) is 11.4. The molecule has 2 unspecified atom stereocenters. The van der Waals surface area contributed by atoms with Crippen LogP contribution in [0.1, 0.15) is 19.8 Å². The Morgan fingerprint density at radius 2 is 2.43 bits per heavy atom. The van der Waals surface area contributed by atoms with Crippen LogP contribution in [0.5, 0.6) is 0 Å². The van der Waals surface area contributed by atoms with Gasteiger partial charge in [-0.3, -0.25) is 4.79 Å². The zero-order valence-corrected chi connectivity index (χ0v) is 8.36. The van der Waals surface area contributed by atoms with Gasteiger partial charge in [0.25, 0.3) is 0 Å². The van der Waals surface area contributed by atoms with Crippen LogP contribution in [0.4, 0.5) is 0 Å². The number of aliphatic hydroxyl groups is 2. The van der Waals surface area contributed by atoms with E-state index in [1.165, 1.54) is 0 Å². The second-order valence-corrected chi connectivity index (χ2v) is 3.65. The van der Waals surface area contributed by atoms with Gasteiger partial charge in [0, 0.05) is 6.54 Å². The summed E-state index contributed by atoms with van der Waals surface area (Å²) in [7, 11) is 0. The summed E-state index contributed by atoms with van der Waals surface area (Å²) in [5.74, 6) is -0.137. The zero-order chi connectivity index (χ0) is 10.6. The lowest BCUT2D eigenvalue weighted by Crippen LogP contribution is -2.46. The third-order valence-electron chi connectivity index (χ3n) is 2.48. The summed E-state index contributed by atoms with van der Waals surface area (Å²) in [4.78, 5) is 11.5. The van der Waals surface area contributed by atoms with E-state index in [9.17, 15) is 9.90 Å². The van der Waals surface area contributed by atoms with Crippen molar-refractivity contribution in [1.82, 2.24) is 10.6 Å². The van der Waals surface area contributed by atoms with Crippen LogP contribution in [-0.2, 0) is 4.79 Å². The minimum Gasteiger partial charge on any atom is -0.394 e. The number of rotatable bonds is 4. The molecule has 4 N–H and O–H groups in total. The molecule has 1 rings (SSSR count). The molecule has 0 aromatic carbocycles. The molecule has 1 fully saturated rings. The van der Waals surface area contributed by atoms with Crippen LogP contribution in [0.2, 0.25) is 0 Å². The molecule has 1 aliphatic rings. The van der Waals surface area contributed by atoms with Gasteiger partial charge >= 0.3 is 0 Å². The van der Waals surface area contributed by atoms with E-state index < -0.39 is 6.10 Å². The smallest absolute Gasteiger partial charge is 0.237 e. The highest BCUT2D eigenvalue weighted by Crippen LogP contribution is 2.06. The van der Waals surface area contributed by atoms with Gasteiger partial charge in [0.1, 0.15) is 0 Å². The standard InChI is InChI=1S/C9H18N2O3/c1-2-6(5-12)11-9(14)8-3-7(13)4-10-8/h6-8,10,12-13H,2-5H2,1H3,(H,11,14)/t6-,7?,8?/m0/s1. The van der Waals surface area contributed by atoms with Gasteiger partial charge in [-0.15, -0.1) is 0 Å². The highest BCUT2D eigenvalue weighted by atomic mass is 16.3. The predicted octanol–water partition coefficient (Wildman–Crippen LogP) is -1.40. The minimum atomic E-state index is -0.431. The summed E-state index contributed by atoms with van der Waals surface area (Å²) < 4.78 is 0. The first-order valence-electron chi connectivity index (χ1n) is 5.00. The Hall–Kier alpha value is -0.650. The van der Waals surface area contributed by atoms with E-state index in [4.69, 9.17) is 5.11 Å². The summed E-state index contributed by atoms with van der Waals surface area (Å²) in [6.07, 6.45) is 0.727. The monoisotopic (exact) mass is 202 g/mol. The summed E-state index contributed by atoms with van der Waals surface area (Å²) in [5, 5.41) is 23.7. The van der Waals surface area contributed by atoms with E-state index >= 15 is 0 Å². The van der Waals surface area contributed by atoms with E-state index in [1.807, 2.05) is 6.92 Å². The number of hydrogen-bond donors (Lipinski definition) is 4. The molecule has 0 bridgehead atoms. The first-order valence-corrected chi connectivity index (χ1v) is 5.00. The zero-order valence-electron chi connectivity index (χ0n) is 8.36. The van der Waals surface area contributed by atoms with Crippen molar-refractivity contribution in [3.05, 3.63) is 0 Å². The maximum absolute atomic E-state index is 11.5. The number of carbonyl (C=O) groups excluding carboxylic acids is 1. The fourth-order valence-electron chi connectivity index (χ4n) is 1.50. The van der Waals surface area contributed by atoms with Crippen molar-refractivity contribution >= 4 is 5.91 Å². The summed E-state index contributed by atoms with van der Waals surface area (Å²) >= 11 is 0. The molecule has 1 amide bonds. The van der Waals surface area contributed by atoms with Crippen molar-refractivity contribution in [2.45, 2.75) is 38.0 Å². The molecule has 82 valence electrons. The van der Waals surface area contributed by atoms with Crippen LogP contribution in [0.15, 0.2) is 0 Å². The molecular formula is C9H18N2O3. The van der Waals surface area contributed by atoms with E-state index in [0.717, 1.165) is 0 Å². The van der Waals surface area contributed by atoms with Gasteiger partial charge in [-0.1, -0.05) is 6.92 Å². The number of β-amino-alcohol motifs (C(OH)–C–C–N with tert-alkyl or cyclic N) is 1. The van der Waals surface area contributed by atoms with Gasteiger partial charge < -0.3 is 20.8 Å². The normalized spacial score (nSPS) is 28.8. The lowest BCUT2D eigenvalue weighted by atomic mass is 10.1. The molecule has 5 heteroatoms. The summed E-state index contributed by atoms with van der Waals surface area (Å²) in [6.45, 7) is 2.32. The highest BCUT2D eigenvalue weighted by Gasteiger charge is 2.28. The van der Waals surface area contributed by atoms with Gasteiger partial charge in [0.2, 0.25) is 5.91 Å². The molecule has 0 spiro atoms. The van der Waals surface area contributed by atoms with Crippen LogP contribution >= 0.6 is 0 Å². The van der Waals surface area contributed by atoms with Crippen molar-refractivity contribution in [2.24, 2.45) is 0 Å². The van der Waals surface area contributed by atoms with Crippen molar-refractivity contribution < 1.29 is 15.0 Å². The van der Waals surface area contributed by atoms with E-state index in [2.05, 4.69) is 10.6 Å². The van der Waals surface area contributed by atoms with Crippen LogP contribution < -0.4 is 10.6 Å². The largest absolute Gasteiger partial charge is 0.394 e. The molecule has 0 radical (unpaired) electrons. The van der Waals surface area contributed by atoms with Crippen molar-refractivity contribution in [2.75, 3.05) is 13.2 Å². The topological polar surface area (TPSA) is 81.6 Å². The third kappa shape index (κ3) is 2.94. The summed E-state index contributed by atoms with van der Waals surface area (Å²) in [5.41, 5.74) is 0. The fraction of sp³-hybridized carbons (Fsp3) is 0.889. The van der Waals surface area contributed by atoms with E-state index in [0.29, 0.717) is 19.4 Å². The molecular weight excluding hydrogens is 184 g/mol. The highest BCUT2D eigenvalue weighted by molar-refractivity contribution is 5.82. The maximum Gasteiger partial charge on any atom is 0.237 e. The number of nitrogens with one attached hydrogen (secondary N) is 2. The summed E-state index contributed by atoms with van der Waals surface area (Å²) in [6, 6.07) is -0.493. The molecule has 1 saturated heterocycles. The fourth-order valence-corrected chi connectivity index (χ4v) is 1.50. The van der Waals surface area contributed by atoms with Gasteiger partial charge in [-0.2, -0.15) is 0 Å². The molecule has 0 saturated carbocycles. The second kappa shape index (κ2) is 5.29. The lowest BCUT2D eigenvalue weighted by Gasteiger charge is -2.17. The average Bonchev–Trinajstić information content (AvgIpc) is 2.61. The maximum atomic E-state index is 11.5. The molecule has 0 aromatic heterocycles.